The second-order valence-electron chi connectivity index (χ2n) is 10.2. The van der Waals surface area contributed by atoms with Crippen LogP contribution in [-0.2, 0) is 0 Å². The third kappa shape index (κ3) is 7.88. The Kier molecular flexibility index (Phi) is 11.8. The Labute approximate surface area is 232 Å². The van der Waals surface area contributed by atoms with Crippen molar-refractivity contribution in [1.82, 2.24) is 20.0 Å². The lowest BCUT2D eigenvalue weighted by Gasteiger charge is -2.34. The van der Waals surface area contributed by atoms with Gasteiger partial charge in [0.15, 0.2) is 0 Å². The van der Waals surface area contributed by atoms with Gasteiger partial charge in [-0.05, 0) is 62.0 Å². The van der Waals surface area contributed by atoms with Crippen LogP contribution in [0, 0.1) is 0 Å². The van der Waals surface area contributed by atoms with Crippen LogP contribution in [0.4, 0.5) is 0 Å². The van der Waals surface area contributed by atoms with Gasteiger partial charge in [-0.3, -0.25) is 0 Å². The Hall–Kier alpha value is -3.24. The van der Waals surface area contributed by atoms with Crippen LogP contribution in [0.5, 0.6) is 0 Å². The van der Waals surface area contributed by atoms with Crippen molar-refractivity contribution in [3.8, 4) is 0 Å². The molecule has 0 saturated carbocycles. The fourth-order valence-corrected chi connectivity index (χ4v) is 5.17. The first-order valence-corrected chi connectivity index (χ1v) is 14.2. The van der Waals surface area contributed by atoms with E-state index in [1.807, 2.05) is 19.2 Å². The molecule has 0 aromatic heterocycles. The molecule has 1 heterocycles. The van der Waals surface area contributed by atoms with Crippen LogP contribution in [0.15, 0.2) is 109 Å². The van der Waals surface area contributed by atoms with Crippen molar-refractivity contribution in [3.63, 3.8) is 0 Å². The van der Waals surface area contributed by atoms with Crippen molar-refractivity contribution < 1.29 is 0 Å². The molecule has 4 heteroatoms. The highest BCUT2D eigenvalue weighted by atomic mass is 15.2. The molecule has 1 atom stereocenters. The zero-order valence-corrected chi connectivity index (χ0v) is 24.0. The van der Waals surface area contributed by atoms with Gasteiger partial charge in [0.2, 0.25) is 0 Å². The molecule has 1 aromatic rings. The summed E-state index contributed by atoms with van der Waals surface area (Å²) in [4.78, 5) is 7.42. The summed E-state index contributed by atoms with van der Waals surface area (Å²) in [6.07, 6.45) is 19.0. The molecular weight excluding hydrogens is 464 g/mol. The highest BCUT2D eigenvalue weighted by Crippen LogP contribution is 2.34. The normalized spacial score (nSPS) is 25.3. The highest BCUT2D eigenvalue weighted by molar-refractivity contribution is 5.85. The van der Waals surface area contributed by atoms with Crippen molar-refractivity contribution in [3.05, 3.63) is 115 Å². The minimum atomic E-state index is 0.425. The van der Waals surface area contributed by atoms with Crippen molar-refractivity contribution in [2.75, 3.05) is 46.8 Å². The summed E-state index contributed by atoms with van der Waals surface area (Å²) >= 11 is 0. The van der Waals surface area contributed by atoms with Crippen molar-refractivity contribution in [1.29, 1.82) is 0 Å². The summed E-state index contributed by atoms with van der Waals surface area (Å²) < 4.78 is 0. The summed E-state index contributed by atoms with van der Waals surface area (Å²) in [5.41, 5.74) is 6.30. The Morgan fingerprint density at radius 1 is 0.974 bits per heavy atom. The number of benzene rings is 1. The second kappa shape index (κ2) is 15.2. The van der Waals surface area contributed by atoms with E-state index in [1.54, 1.807) is 0 Å². The number of allylic oxidation sites excluding steroid dienone is 5. The van der Waals surface area contributed by atoms with Gasteiger partial charge in [-0.2, -0.15) is 0 Å². The number of hydrogen-bond acceptors (Lipinski definition) is 4. The maximum absolute atomic E-state index is 4.42. The Balaban J connectivity index is 2.19. The molecule has 1 N–H and O–H groups in total. The van der Waals surface area contributed by atoms with Crippen LogP contribution in [-0.4, -0.2) is 67.6 Å². The molecule has 1 aliphatic heterocycles. The van der Waals surface area contributed by atoms with Crippen LogP contribution in [0.25, 0.3) is 5.57 Å². The van der Waals surface area contributed by atoms with E-state index in [9.17, 15) is 0 Å². The second-order valence-corrected chi connectivity index (χ2v) is 10.2. The number of nitrogens with zero attached hydrogens (tertiary/aromatic N) is 3. The minimum absolute atomic E-state index is 0.425. The topological polar surface area (TPSA) is 21.8 Å². The van der Waals surface area contributed by atoms with Gasteiger partial charge in [0.05, 0.1) is 6.04 Å². The zero-order chi connectivity index (χ0) is 27.3. The Bertz CT molecular complexity index is 1060. The van der Waals surface area contributed by atoms with E-state index >= 15 is 0 Å². The molecule has 2 aliphatic rings. The van der Waals surface area contributed by atoms with Gasteiger partial charge in [-0.15, -0.1) is 0 Å². The first kappa shape index (κ1) is 29.3. The van der Waals surface area contributed by atoms with Gasteiger partial charge < -0.3 is 20.0 Å². The predicted octanol–water partition coefficient (Wildman–Crippen LogP) is 6.77. The number of hydrogen-bond donors (Lipinski definition) is 1. The fraction of sp³-hybridized carbons (Fsp3) is 0.412. The molecule has 0 radical (unpaired) electrons. The van der Waals surface area contributed by atoms with Crippen LogP contribution in [0.1, 0.15) is 44.6 Å². The molecule has 0 bridgehead atoms. The van der Waals surface area contributed by atoms with Gasteiger partial charge in [-0.1, -0.05) is 87.7 Å². The van der Waals surface area contributed by atoms with Gasteiger partial charge in [-0.25, -0.2) is 0 Å². The molecular formula is C34H48N4. The van der Waals surface area contributed by atoms with E-state index in [4.69, 9.17) is 0 Å². The SMILES string of the molecule is C=CC1=C\N(C2C=CC2)CCCN(CC)CCCCCN(C)/C=C(c2ccccc2)/C(C=C)=C\1C(=C)NC. The molecule has 1 aromatic carbocycles. The summed E-state index contributed by atoms with van der Waals surface area (Å²) in [6, 6.07) is 11.0. The van der Waals surface area contributed by atoms with Crippen LogP contribution in [0.2, 0.25) is 0 Å². The van der Waals surface area contributed by atoms with Gasteiger partial charge in [0, 0.05) is 56.4 Å². The molecule has 0 saturated heterocycles. The average Bonchev–Trinajstić information content (AvgIpc) is 2.91. The molecule has 1 aliphatic carbocycles. The third-order valence-corrected chi connectivity index (χ3v) is 7.60. The largest absolute Gasteiger partial charge is 0.388 e. The first-order chi connectivity index (χ1) is 18.5. The van der Waals surface area contributed by atoms with E-state index in [0.717, 1.165) is 72.6 Å². The standard InChI is InChI=1S/C34H48N4/c1-7-29-26-38(31-20-16-21-31)25-17-24-37(9-3)23-15-11-14-22-36(6)27-33(30-18-12-10-13-19-30)32(8-2)34(29)28(4)35-5/h7-8,10,12-13,16,18-20,26-27,31,35H,1-2,4,9,11,14-15,17,21-25H2,3,5-6H3/b29-26+,33-27+,34-32-. The molecule has 4 nitrogen and oxygen atoms in total. The van der Waals surface area contributed by atoms with Crippen molar-refractivity contribution in [2.45, 2.75) is 45.1 Å². The number of likely N-dealkylation sites (N-methyl/N-ethyl adjacent to an activating group) is 1. The van der Waals surface area contributed by atoms with E-state index in [0.29, 0.717) is 6.04 Å². The van der Waals surface area contributed by atoms with Crippen molar-refractivity contribution >= 4 is 5.57 Å². The van der Waals surface area contributed by atoms with Crippen LogP contribution < -0.4 is 5.32 Å². The van der Waals surface area contributed by atoms with Gasteiger partial charge >= 0.3 is 0 Å². The third-order valence-electron chi connectivity index (χ3n) is 7.60. The molecule has 204 valence electrons. The summed E-state index contributed by atoms with van der Waals surface area (Å²) in [6.45, 7) is 20.7. The number of rotatable bonds is 7. The maximum Gasteiger partial charge on any atom is 0.0502 e. The van der Waals surface area contributed by atoms with Crippen LogP contribution >= 0.6 is 0 Å². The molecule has 38 heavy (non-hydrogen) atoms. The highest BCUT2D eigenvalue weighted by Gasteiger charge is 2.21. The fourth-order valence-electron chi connectivity index (χ4n) is 5.17. The van der Waals surface area contributed by atoms with Gasteiger partial charge in [0.1, 0.15) is 0 Å². The Morgan fingerprint density at radius 3 is 2.29 bits per heavy atom. The number of nitrogens with one attached hydrogen (secondary N) is 1. The van der Waals surface area contributed by atoms with E-state index in [-0.39, 0.29) is 0 Å². The summed E-state index contributed by atoms with van der Waals surface area (Å²) in [5.74, 6) is 0. The summed E-state index contributed by atoms with van der Waals surface area (Å²) in [7, 11) is 4.11. The lowest BCUT2D eigenvalue weighted by Crippen LogP contribution is -2.36. The smallest absolute Gasteiger partial charge is 0.0502 e. The maximum atomic E-state index is 4.42. The lowest BCUT2D eigenvalue weighted by atomic mass is 9.89. The molecule has 0 fully saturated rings. The van der Waals surface area contributed by atoms with E-state index in [2.05, 4.69) is 109 Å². The Morgan fingerprint density at radius 2 is 1.68 bits per heavy atom. The lowest BCUT2D eigenvalue weighted by molar-refractivity contribution is 0.241. The minimum Gasteiger partial charge on any atom is -0.388 e. The quantitative estimate of drug-likeness (QED) is 0.407. The molecule has 0 amide bonds. The zero-order valence-electron chi connectivity index (χ0n) is 24.0. The van der Waals surface area contributed by atoms with Crippen molar-refractivity contribution in [2.24, 2.45) is 0 Å². The van der Waals surface area contributed by atoms with E-state index < -0.39 is 0 Å². The average molecular weight is 513 g/mol. The monoisotopic (exact) mass is 512 g/mol. The molecule has 3 rings (SSSR count). The summed E-state index contributed by atoms with van der Waals surface area (Å²) in [5, 5.41) is 3.32. The predicted molar refractivity (Wildman–Crippen MR) is 166 cm³/mol. The van der Waals surface area contributed by atoms with Gasteiger partial charge in [0.25, 0.3) is 0 Å². The van der Waals surface area contributed by atoms with E-state index in [1.165, 1.54) is 25.8 Å². The molecule has 0 spiro atoms. The first-order valence-electron chi connectivity index (χ1n) is 14.2. The molecule has 1 unspecified atom stereocenters. The van der Waals surface area contributed by atoms with Crippen LogP contribution in [0.3, 0.4) is 0 Å².